The maximum Gasteiger partial charge on any atom is 0.243 e. The van der Waals surface area contributed by atoms with E-state index in [4.69, 9.17) is 4.74 Å². The molecule has 0 aliphatic rings. The van der Waals surface area contributed by atoms with Crippen LogP contribution in [0.2, 0.25) is 0 Å². The summed E-state index contributed by atoms with van der Waals surface area (Å²) in [6.07, 6.45) is 5.37. The fraction of sp³-hybridized carbons (Fsp3) is 0.529. The molecule has 0 amide bonds. The van der Waals surface area contributed by atoms with Gasteiger partial charge in [0.15, 0.2) is 0 Å². The number of hydrogen-bond acceptors (Lipinski definition) is 3. The van der Waals surface area contributed by atoms with Crippen LogP contribution in [0.1, 0.15) is 39.5 Å². The Morgan fingerprint density at radius 2 is 1.64 bits per heavy atom. The lowest BCUT2D eigenvalue weighted by Gasteiger charge is -2.22. The summed E-state index contributed by atoms with van der Waals surface area (Å²) >= 11 is 0. The zero-order chi connectivity index (χ0) is 16.4. The first-order valence-electron chi connectivity index (χ1n) is 7.90. The largest absolute Gasteiger partial charge is 0.490 e. The van der Waals surface area contributed by atoms with E-state index in [1.807, 2.05) is 0 Å². The van der Waals surface area contributed by atoms with Gasteiger partial charge in [0.2, 0.25) is 10.0 Å². The van der Waals surface area contributed by atoms with Gasteiger partial charge in [0.25, 0.3) is 0 Å². The molecule has 4 nitrogen and oxygen atoms in total. The molecule has 0 aliphatic carbocycles. The molecule has 0 spiro atoms. The summed E-state index contributed by atoms with van der Waals surface area (Å²) in [5, 5.41) is 0. The fourth-order valence-electron chi connectivity index (χ4n) is 2.03. The second-order valence-electron chi connectivity index (χ2n) is 5.18. The van der Waals surface area contributed by atoms with Crippen molar-refractivity contribution >= 4 is 10.0 Å². The average molecular weight is 325 g/mol. The minimum atomic E-state index is -3.43. The summed E-state index contributed by atoms with van der Waals surface area (Å²) in [6.45, 7) is 9.28. The van der Waals surface area contributed by atoms with Gasteiger partial charge in [0.05, 0.1) is 4.90 Å². The number of ether oxygens (including phenoxy) is 1. The zero-order valence-corrected chi connectivity index (χ0v) is 14.4. The molecule has 0 saturated carbocycles. The van der Waals surface area contributed by atoms with Gasteiger partial charge >= 0.3 is 0 Å². The standard InChI is InChI=1S/C17H27NO3S/c1-4-7-13-18(14-8-5-2)22(19,20)17-11-9-16(10-12-17)21-15-6-3/h6,9-12H,3-5,7-8,13-15H2,1-2H3. The molecule has 1 aromatic carbocycles. The highest BCUT2D eigenvalue weighted by Gasteiger charge is 2.23. The lowest BCUT2D eigenvalue weighted by atomic mass is 10.3. The first kappa shape index (κ1) is 18.7. The number of benzene rings is 1. The molecule has 0 heterocycles. The molecule has 0 radical (unpaired) electrons. The second kappa shape index (κ2) is 9.64. The lowest BCUT2D eigenvalue weighted by Crippen LogP contribution is -2.33. The molecule has 22 heavy (non-hydrogen) atoms. The molecule has 0 bridgehead atoms. The van der Waals surface area contributed by atoms with Gasteiger partial charge in [-0.05, 0) is 37.1 Å². The third-order valence-corrected chi connectivity index (χ3v) is 5.26. The summed E-state index contributed by atoms with van der Waals surface area (Å²) in [7, 11) is -3.43. The van der Waals surface area contributed by atoms with E-state index in [0.717, 1.165) is 25.7 Å². The van der Waals surface area contributed by atoms with E-state index in [1.54, 1.807) is 34.6 Å². The topological polar surface area (TPSA) is 46.6 Å². The van der Waals surface area contributed by atoms with E-state index >= 15 is 0 Å². The first-order chi connectivity index (χ1) is 10.6. The summed E-state index contributed by atoms with van der Waals surface area (Å²) in [5.41, 5.74) is 0. The lowest BCUT2D eigenvalue weighted by molar-refractivity contribution is 0.362. The van der Waals surface area contributed by atoms with E-state index in [0.29, 0.717) is 30.3 Å². The van der Waals surface area contributed by atoms with Crippen LogP contribution in [0.3, 0.4) is 0 Å². The van der Waals surface area contributed by atoms with Crippen LogP contribution < -0.4 is 4.74 Å². The van der Waals surface area contributed by atoms with Crippen molar-refractivity contribution in [3.8, 4) is 5.75 Å². The van der Waals surface area contributed by atoms with Crippen LogP contribution in [-0.4, -0.2) is 32.4 Å². The minimum absolute atomic E-state index is 0.325. The summed E-state index contributed by atoms with van der Waals surface area (Å²) < 4.78 is 32.5. The quantitative estimate of drug-likeness (QED) is 0.581. The van der Waals surface area contributed by atoms with Gasteiger partial charge in [-0.3, -0.25) is 0 Å². The van der Waals surface area contributed by atoms with Crippen molar-refractivity contribution < 1.29 is 13.2 Å². The van der Waals surface area contributed by atoms with Gasteiger partial charge in [-0.2, -0.15) is 4.31 Å². The third-order valence-electron chi connectivity index (χ3n) is 3.35. The molecular weight excluding hydrogens is 298 g/mol. The highest BCUT2D eigenvalue weighted by atomic mass is 32.2. The molecule has 0 aliphatic heterocycles. The maximum atomic E-state index is 12.7. The molecule has 0 N–H and O–H groups in total. The number of hydrogen-bond donors (Lipinski definition) is 0. The SMILES string of the molecule is C=CCOc1ccc(S(=O)(=O)N(CCCC)CCCC)cc1. The third kappa shape index (κ3) is 5.46. The van der Waals surface area contributed by atoms with Crippen molar-refractivity contribution in [2.45, 2.75) is 44.4 Å². The zero-order valence-electron chi connectivity index (χ0n) is 13.6. The Bertz CT molecular complexity index is 530. The van der Waals surface area contributed by atoms with Crippen LogP contribution >= 0.6 is 0 Å². The molecule has 1 rings (SSSR count). The Kier molecular flexibility index (Phi) is 8.20. The van der Waals surface area contributed by atoms with E-state index in [9.17, 15) is 8.42 Å². The van der Waals surface area contributed by atoms with E-state index in [1.165, 1.54) is 0 Å². The second-order valence-corrected chi connectivity index (χ2v) is 7.12. The number of unbranched alkanes of at least 4 members (excludes halogenated alkanes) is 2. The summed E-state index contributed by atoms with van der Waals surface area (Å²) in [6, 6.07) is 6.60. The molecule has 5 heteroatoms. The van der Waals surface area contributed by atoms with Crippen molar-refractivity contribution in [3.63, 3.8) is 0 Å². The number of sulfonamides is 1. The fourth-order valence-corrected chi connectivity index (χ4v) is 3.55. The van der Waals surface area contributed by atoms with Gasteiger partial charge in [0.1, 0.15) is 12.4 Å². The Balaban J connectivity index is 2.89. The minimum Gasteiger partial charge on any atom is -0.490 e. The van der Waals surface area contributed by atoms with Crippen molar-refractivity contribution in [2.75, 3.05) is 19.7 Å². The molecule has 124 valence electrons. The van der Waals surface area contributed by atoms with Gasteiger partial charge in [-0.1, -0.05) is 39.3 Å². The highest BCUT2D eigenvalue weighted by Crippen LogP contribution is 2.20. The Hall–Kier alpha value is -1.33. The van der Waals surface area contributed by atoms with Crippen LogP contribution in [0.25, 0.3) is 0 Å². The molecule has 0 aromatic heterocycles. The molecule has 0 unspecified atom stereocenters. The van der Waals surface area contributed by atoms with Crippen molar-refractivity contribution in [2.24, 2.45) is 0 Å². The Morgan fingerprint density at radius 1 is 1.09 bits per heavy atom. The van der Waals surface area contributed by atoms with Crippen LogP contribution in [0.5, 0.6) is 5.75 Å². The van der Waals surface area contributed by atoms with E-state index in [2.05, 4.69) is 20.4 Å². The van der Waals surface area contributed by atoms with Crippen LogP contribution in [0, 0.1) is 0 Å². The Morgan fingerprint density at radius 3 is 2.09 bits per heavy atom. The van der Waals surface area contributed by atoms with Gasteiger partial charge in [-0.25, -0.2) is 8.42 Å². The van der Waals surface area contributed by atoms with Gasteiger partial charge in [0, 0.05) is 13.1 Å². The molecule has 0 saturated heterocycles. The summed E-state index contributed by atoms with van der Waals surface area (Å²) in [4.78, 5) is 0.325. The molecular formula is C17H27NO3S. The van der Waals surface area contributed by atoms with Crippen molar-refractivity contribution in [1.82, 2.24) is 4.31 Å². The highest BCUT2D eigenvalue weighted by molar-refractivity contribution is 7.89. The van der Waals surface area contributed by atoms with Gasteiger partial charge in [-0.15, -0.1) is 0 Å². The molecule has 0 fully saturated rings. The van der Waals surface area contributed by atoms with E-state index < -0.39 is 10.0 Å². The monoisotopic (exact) mass is 325 g/mol. The van der Waals surface area contributed by atoms with Crippen molar-refractivity contribution in [3.05, 3.63) is 36.9 Å². The first-order valence-corrected chi connectivity index (χ1v) is 9.34. The smallest absolute Gasteiger partial charge is 0.243 e. The Labute approximate surface area is 134 Å². The predicted molar refractivity (Wildman–Crippen MR) is 90.7 cm³/mol. The van der Waals surface area contributed by atoms with Crippen LogP contribution in [-0.2, 0) is 10.0 Å². The average Bonchev–Trinajstić information content (AvgIpc) is 2.53. The maximum absolute atomic E-state index is 12.7. The normalized spacial score (nSPS) is 11.6. The molecule has 1 aromatic rings. The molecule has 0 atom stereocenters. The van der Waals surface area contributed by atoms with Gasteiger partial charge < -0.3 is 4.74 Å². The number of rotatable bonds is 11. The summed E-state index contributed by atoms with van der Waals surface area (Å²) in [5.74, 6) is 0.646. The van der Waals surface area contributed by atoms with Crippen LogP contribution in [0.15, 0.2) is 41.8 Å². The number of nitrogens with zero attached hydrogens (tertiary/aromatic N) is 1. The van der Waals surface area contributed by atoms with Crippen LogP contribution in [0.4, 0.5) is 0 Å². The predicted octanol–water partition coefficient (Wildman–Crippen LogP) is 3.84. The van der Waals surface area contributed by atoms with Crippen molar-refractivity contribution in [1.29, 1.82) is 0 Å². The van der Waals surface area contributed by atoms with E-state index in [-0.39, 0.29) is 0 Å².